The summed E-state index contributed by atoms with van der Waals surface area (Å²) in [5.74, 6) is 1.46. The molecule has 1 atom stereocenters. The molecular formula is C20H38N4O2. The summed E-state index contributed by atoms with van der Waals surface area (Å²) in [4.78, 5) is 18.0. The van der Waals surface area contributed by atoms with E-state index in [1.807, 2.05) is 0 Å². The number of aliphatic imine (C=N–C) groups is 1. The molecule has 6 heteroatoms. The Balaban J connectivity index is 1.94. The van der Waals surface area contributed by atoms with Crippen molar-refractivity contribution in [3.63, 3.8) is 0 Å². The Morgan fingerprint density at radius 1 is 1.23 bits per heavy atom. The van der Waals surface area contributed by atoms with Crippen LogP contribution in [0.15, 0.2) is 4.99 Å². The fourth-order valence-electron chi connectivity index (χ4n) is 4.19. The summed E-state index contributed by atoms with van der Waals surface area (Å²) in [6.07, 6.45) is 8.93. The van der Waals surface area contributed by atoms with Crippen LogP contribution in [0.2, 0.25) is 0 Å². The Morgan fingerprint density at radius 2 is 1.96 bits per heavy atom. The highest BCUT2D eigenvalue weighted by Gasteiger charge is 2.34. The number of amides is 1. The first-order valence-electron chi connectivity index (χ1n) is 10.2. The molecule has 0 aromatic carbocycles. The Morgan fingerprint density at radius 3 is 2.54 bits per heavy atom. The second-order valence-electron chi connectivity index (χ2n) is 8.63. The number of ether oxygens (including phenoxy) is 1. The van der Waals surface area contributed by atoms with Crippen molar-refractivity contribution in [1.29, 1.82) is 0 Å². The van der Waals surface area contributed by atoms with Crippen molar-refractivity contribution in [2.45, 2.75) is 64.9 Å². The van der Waals surface area contributed by atoms with Crippen molar-refractivity contribution >= 4 is 11.9 Å². The fourth-order valence-corrected chi connectivity index (χ4v) is 4.19. The van der Waals surface area contributed by atoms with E-state index in [2.05, 4.69) is 29.5 Å². The second-order valence-corrected chi connectivity index (χ2v) is 8.63. The Hall–Kier alpha value is -1.30. The van der Waals surface area contributed by atoms with Crippen LogP contribution in [0.4, 0.5) is 0 Å². The van der Waals surface area contributed by atoms with Gasteiger partial charge in [0.25, 0.3) is 0 Å². The normalized spacial score (nSPS) is 22.7. The molecule has 0 aromatic rings. The van der Waals surface area contributed by atoms with Crippen LogP contribution in [-0.2, 0) is 9.53 Å². The minimum Gasteiger partial charge on any atom is -0.376 e. The van der Waals surface area contributed by atoms with Crippen LogP contribution in [0.3, 0.4) is 0 Å². The summed E-state index contributed by atoms with van der Waals surface area (Å²) >= 11 is 0. The van der Waals surface area contributed by atoms with Crippen LogP contribution in [0.25, 0.3) is 0 Å². The summed E-state index contributed by atoms with van der Waals surface area (Å²) in [6, 6.07) is 0. The van der Waals surface area contributed by atoms with E-state index in [-0.39, 0.29) is 18.6 Å². The predicted octanol–water partition coefficient (Wildman–Crippen LogP) is 2.40. The number of guanidine groups is 1. The minimum atomic E-state index is 0.0148. The summed E-state index contributed by atoms with van der Waals surface area (Å²) in [5, 5.41) is 6.93. The topological polar surface area (TPSA) is 66.0 Å². The highest BCUT2D eigenvalue weighted by Crippen LogP contribution is 2.42. The highest BCUT2D eigenvalue weighted by atomic mass is 16.5. The highest BCUT2D eigenvalue weighted by molar-refractivity contribution is 5.84. The van der Waals surface area contributed by atoms with Crippen LogP contribution in [-0.4, -0.2) is 63.2 Å². The van der Waals surface area contributed by atoms with Gasteiger partial charge in [-0.1, -0.05) is 26.7 Å². The number of rotatable bonds is 8. The number of carbonyl (C=O) groups excluding carboxylic acids is 1. The van der Waals surface area contributed by atoms with Gasteiger partial charge in [-0.3, -0.25) is 4.79 Å². The first-order valence-corrected chi connectivity index (χ1v) is 10.2. The monoisotopic (exact) mass is 366 g/mol. The van der Waals surface area contributed by atoms with Crippen molar-refractivity contribution in [2.24, 2.45) is 16.3 Å². The first kappa shape index (κ1) is 21.0. The third-order valence-corrected chi connectivity index (χ3v) is 5.53. The van der Waals surface area contributed by atoms with Gasteiger partial charge in [0.2, 0.25) is 5.91 Å². The van der Waals surface area contributed by atoms with Gasteiger partial charge in [0, 0.05) is 33.8 Å². The summed E-state index contributed by atoms with van der Waals surface area (Å²) in [6.45, 7) is 7.31. The molecule has 0 bridgehead atoms. The average molecular weight is 367 g/mol. The maximum atomic E-state index is 11.9. The Bertz CT molecular complexity index is 464. The zero-order valence-electron chi connectivity index (χ0n) is 17.1. The minimum absolute atomic E-state index is 0.0148. The third kappa shape index (κ3) is 6.78. The van der Waals surface area contributed by atoms with Gasteiger partial charge in [-0.15, -0.1) is 0 Å². The molecule has 2 N–H and O–H groups in total. The van der Waals surface area contributed by atoms with E-state index < -0.39 is 0 Å². The molecule has 2 fully saturated rings. The van der Waals surface area contributed by atoms with Gasteiger partial charge in [0.15, 0.2) is 5.96 Å². The molecule has 0 radical (unpaired) electrons. The van der Waals surface area contributed by atoms with Gasteiger partial charge < -0.3 is 20.3 Å². The van der Waals surface area contributed by atoms with Gasteiger partial charge in [-0.05, 0) is 43.4 Å². The van der Waals surface area contributed by atoms with Gasteiger partial charge in [-0.25, -0.2) is 4.99 Å². The first-order chi connectivity index (χ1) is 12.4. The van der Waals surface area contributed by atoms with Gasteiger partial charge >= 0.3 is 0 Å². The van der Waals surface area contributed by atoms with Crippen LogP contribution < -0.4 is 10.6 Å². The number of nitrogens with zero attached hydrogens (tertiary/aromatic N) is 2. The molecule has 1 aliphatic heterocycles. The van der Waals surface area contributed by atoms with Crippen molar-refractivity contribution in [2.75, 3.05) is 40.3 Å². The van der Waals surface area contributed by atoms with E-state index in [4.69, 9.17) is 4.74 Å². The predicted molar refractivity (Wildman–Crippen MR) is 106 cm³/mol. The standard InChI is InChI=1S/C20H38N4O2/c1-16(2)12-20(9-5-6-10-20)15-23-19(22-14-18(25)24(3)4)21-13-17-8-7-11-26-17/h16-17H,5-15H2,1-4H3,(H2,21,22,23). The quantitative estimate of drug-likeness (QED) is 0.511. The van der Waals surface area contributed by atoms with Crippen LogP contribution in [0.5, 0.6) is 0 Å². The molecule has 0 aromatic heterocycles. The third-order valence-electron chi connectivity index (χ3n) is 5.53. The maximum absolute atomic E-state index is 11.9. The van der Waals surface area contributed by atoms with Gasteiger partial charge in [0.1, 0.15) is 6.54 Å². The maximum Gasteiger partial charge on any atom is 0.243 e. The molecule has 0 spiro atoms. The average Bonchev–Trinajstić information content (AvgIpc) is 3.25. The van der Waals surface area contributed by atoms with E-state index in [0.29, 0.717) is 11.3 Å². The van der Waals surface area contributed by atoms with E-state index >= 15 is 0 Å². The van der Waals surface area contributed by atoms with Gasteiger partial charge in [-0.2, -0.15) is 0 Å². The van der Waals surface area contributed by atoms with Crippen LogP contribution in [0.1, 0.15) is 58.8 Å². The Labute approximate surface area is 159 Å². The summed E-state index contributed by atoms with van der Waals surface area (Å²) in [5.41, 5.74) is 0.367. The van der Waals surface area contributed by atoms with Gasteiger partial charge in [0.05, 0.1) is 6.10 Å². The second kappa shape index (κ2) is 10.1. The number of hydrogen-bond acceptors (Lipinski definition) is 3. The van der Waals surface area contributed by atoms with Crippen LogP contribution >= 0.6 is 0 Å². The lowest BCUT2D eigenvalue weighted by Crippen LogP contribution is -2.46. The van der Waals surface area contributed by atoms with Crippen molar-refractivity contribution < 1.29 is 9.53 Å². The lowest BCUT2D eigenvalue weighted by molar-refractivity contribution is -0.127. The molecule has 26 heavy (non-hydrogen) atoms. The van der Waals surface area contributed by atoms with Crippen molar-refractivity contribution in [3.05, 3.63) is 0 Å². The fraction of sp³-hybridized carbons (Fsp3) is 0.900. The zero-order valence-corrected chi connectivity index (χ0v) is 17.1. The number of nitrogens with one attached hydrogen (secondary N) is 2. The lowest BCUT2D eigenvalue weighted by atomic mass is 9.78. The largest absolute Gasteiger partial charge is 0.376 e. The molecule has 1 amide bonds. The number of carbonyl (C=O) groups is 1. The van der Waals surface area contributed by atoms with E-state index in [0.717, 1.165) is 38.5 Å². The van der Waals surface area contributed by atoms with E-state index in [9.17, 15) is 4.79 Å². The molecule has 1 aliphatic carbocycles. The molecule has 1 saturated heterocycles. The van der Waals surface area contributed by atoms with Crippen LogP contribution in [0, 0.1) is 11.3 Å². The molecule has 1 saturated carbocycles. The van der Waals surface area contributed by atoms with Crippen molar-refractivity contribution in [3.8, 4) is 0 Å². The summed E-state index contributed by atoms with van der Waals surface area (Å²) < 4.78 is 5.70. The molecule has 2 aliphatic rings. The molecule has 150 valence electrons. The summed E-state index contributed by atoms with van der Waals surface area (Å²) in [7, 11) is 3.53. The Kier molecular flexibility index (Phi) is 8.19. The molecule has 2 rings (SSSR count). The van der Waals surface area contributed by atoms with Crippen molar-refractivity contribution in [1.82, 2.24) is 15.5 Å². The number of likely N-dealkylation sites (N-methyl/N-ethyl adjacent to an activating group) is 1. The number of hydrogen-bond donors (Lipinski definition) is 2. The lowest BCUT2D eigenvalue weighted by Gasteiger charge is -2.32. The zero-order chi connectivity index (χ0) is 19.0. The van der Waals surface area contributed by atoms with E-state index in [1.165, 1.54) is 32.1 Å². The molecule has 1 heterocycles. The van der Waals surface area contributed by atoms with E-state index in [1.54, 1.807) is 19.0 Å². The molecule has 6 nitrogen and oxygen atoms in total. The molecule has 1 unspecified atom stereocenters. The SMILES string of the molecule is CC(C)CC1(CNC(=NCC(=O)N(C)C)NCC2CCCO2)CCCC1. The smallest absolute Gasteiger partial charge is 0.243 e. The molecular weight excluding hydrogens is 328 g/mol.